The van der Waals surface area contributed by atoms with Crippen molar-refractivity contribution in [1.82, 2.24) is 0 Å². The van der Waals surface area contributed by atoms with Gasteiger partial charge in [0, 0.05) is 10.8 Å². The molecule has 0 N–H and O–H groups in total. The number of rotatable bonds is 0. The van der Waals surface area contributed by atoms with E-state index >= 15 is 0 Å². The van der Waals surface area contributed by atoms with Crippen molar-refractivity contribution in [1.29, 1.82) is 0 Å². The van der Waals surface area contributed by atoms with Crippen LogP contribution in [0.2, 0.25) is 0 Å². The molecule has 8 rings (SSSR count). The molecule has 0 atom stereocenters. The van der Waals surface area contributed by atoms with Gasteiger partial charge >= 0.3 is 0 Å². The van der Waals surface area contributed by atoms with E-state index in [9.17, 15) is 0 Å². The third-order valence-corrected chi connectivity index (χ3v) is 9.22. The molecule has 0 bridgehead atoms. The summed E-state index contributed by atoms with van der Waals surface area (Å²) in [4.78, 5) is 0. The first-order chi connectivity index (χ1) is 17.4. The van der Waals surface area contributed by atoms with E-state index in [0.29, 0.717) is 0 Å². The van der Waals surface area contributed by atoms with Gasteiger partial charge in [0.25, 0.3) is 0 Å². The van der Waals surface area contributed by atoms with E-state index in [0.717, 1.165) is 0 Å². The van der Waals surface area contributed by atoms with Crippen molar-refractivity contribution in [2.75, 3.05) is 0 Å². The molecule has 2 aliphatic carbocycles. The molecule has 172 valence electrons. The Labute approximate surface area is 212 Å². The van der Waals surface area contributed by atoms with Crippen LogP contribution in [-0.2, 0) is 10.8 Å². The van der Waals surface area contributed by atoms with E-state index in [1.165, 1.54) is 76.8 Å². The lowest BCUT2D eigenvalue weighted by Crippen LogP contribution is -2.17. The number of fused-ring (bicyclic) bond motifs is 12. The zero-order valence-electron chi connectivity index (χ0n) is 21.2. The van der Waals surface area contributed by atoms with Gasteiger partial charge in [0.2, 0.25) is 0 Å². The number of benzene rings is 6. The number of hydrogen-bond donors (Lipinski definition) is 0. The fourth-order valence-electron chi connectivity index (χ4n) is 7.41. The van der Waals surface area contributed by atoms with Crippen LogP contribution in [0, 0.1) is 0 Å². The molecule has 0 heterocycles. The third kappa shape index (κ3) is 2.31. The summed E-state index contributed by atoms with van der Waals surface area (Å²) < 4.78 is 0. The maximum absolute atomic E-state index is 2.54. The van der Waals surface area contributed by atoms with Gasteiger partial charge in [-0.3, -0.25) is 0 Å². The lowest BCUT2D eigenvalue weighted by atomic mass is 9.78. The Morgan fingerprint density at radius 1 is 0.417 bits per heavy atom. The van der Waals surface area contributed by atoms with Gasteiger partial charge in [0.15, 0.2) is 0 Å². The smallest absolute Gasteiger partial charge is 0.0165 e. The Hall–Kier alpha value is -3.90. The van der Waals surface area contributed by atoms with Crippen LogP contribution in [0.5, 0.6) is 0 Å². The van der Waals surface area contributed by atoms with Gasteiger partial charge in [-0.2, -0.15) is 0 Å². The Bertz CT molecular complexity index is 1930. The van der Waals surface area contributed by atoms with Crippen molar-refractivity contribution in [2.45, 2.75) is 38.5 Å². The second-order valence-electron chi connectivity index (χ2n) is 11.8. The summed E-state index contributed by atoms with van der Waals surface area (Å²) in [6, 6.07) is 36.7. The van der Waals surface area contributed by atoms with E-state index in [-0.39, 0.29) is 10.8 Å². The Morgan fingerprint density at radius 3 is 1.83 bits per heavy atom. The molecule has 0 aromatic heterocycles. The molecule has 0 aliphatic heterocycles. The second-order valence-corrected chi connectivity index (χ2v) is 11.8. The Kier molecular flexibility index (Phi) is 3.64. The summed E-state index contributed by atoms with van der Waals surface area (Å²) >= 11 is 0. The van der Waals surface area contributed by atoms with Gasteiger partial charge in [0.1, 0.15) is 0 Å². The first-order valence-electron chi connectivity index (χ1n) is 13.0. The molecular weight excluding hydrogens is 432 g/mol. The van der Waals surface area contributed by atoms with Crippen molar-refractivity contribution >= 4 is 32.3 Å². The number of hydrogen-bond acceptors (Lipinski definition) is 0. The first-order valence-corrected chi connectivity index (χ1v) is 13.0. The van der Waals surface area contributed by atoms with Crippen molar-refractivity contribution in [3.05, 3.63) is 119 Å². The van der Waals surface area contributed by atoms with Crippen LogP contribution >= 0.6 is 0 Å². The van der Waals surface area contributed by atoms with Crippen LogP contribution in [-0.4, -0.2) is 0 Å². The molecule has 0 nitrogen and oxygen atoms in total. The zero-order valence-corrected chi connectivity index (χ0v) is 21.2. The van der Waals surface area contributed by atoms with Crippen LogP contribution in [0.15, 0.2) is 97.1 Å². The molecule has 36 heavy (non-hydrogen) atoms. The molecule has 0 heteroatoms. The summed E-state index contributed by atoms with van der Waals surface area (Å²) in [5, 5.41) is 8.08. The highest BCUT2D eigenvalue weighted by Gasteiger charge is 2.42. The van der Waals surface area contributed by atoms with Crippen LogP contribution in [0.4, 0.5) is 0 Å². The standard InChI is InChI=1S/C36H28/c1-35(2)30-18-14-22-10-6-8-12-24(22)33(30)29-20-31-28(19-32(29)35)27-17-16-25-23-11-7-5-9-21(23)13-15-26(25)34(27)36(31,3)4/h5-20H,1-4H3. The molecule has 0 spiro atoms. The minimum Gasteiger partial charge on any atom is -0.0616 e. The molecule has 0 unspecified atom stereocenters. The summed E-state index contributed by atoms with van der Waals surface area (Å²) in [6.45, 7) is 9.63. The highest BCUT2D eigenvalue weighted by atomic mass is 14.5. The van der Waals surface area contributed by atoms with Crippen molar-refractivity contribution in [2.24, 2.45) is 0 Å². The van der Waals surface area contributed by atoms with E-state index in [4.69, 9.17) is 0 Å². The molecule has 6 aromatic carbocycles. The maximum atomic E-state index is 2.54. The molecule has 6 aromatic rings. The van der Waals surface area contributed by atoms with Crippen LogP contribution in [0.3, 0.4) is 0 Å². The Balaban J connectivity index is 1.46. The largest absolute Gasteiger partial charge is 0.0616 e. The van der Waals surface area contributed by atoms with Crippen LogP contribution in [0.25, 0.3) is 54.6 Å². The average Bonchev–Trinajstić information content (AvgIpc) is 3.27. The van der Waals surface area contributed by atoms with Gasteiger partial charge in [-0.15, -0.1) is 0 Å². The molecule has 0 radical (unpaired) electrons. The predicted octanol–water partition coefficient (Wildman–Crippen LogP) is 9.76. The maximum Gasteiger partial charge on any atom is 0.0165 e. The van der Waals surface area contributed by atoms with Crippen LogP contribution in [0.1, 0.15) is 49.9 Å². The molecule has 0 saturated carbocycles. The topological polar surface area (TPSA) is 0 Å². The third-order valence-electron chi connectivity index (χ3n) is 9.22. The van der Waals surface area contributed by atoms with Crippen molar-refractivity contribution < 1.29 is 0 Å². The van der Waals surface area contributed by atoms with E-state index in [1.807, 2.05) is 0 Å². The SMILES string of the molecule is CC1(C)c2cc3c(cc2-c2c1ccc1ccccc21)C(C)(C)c1c-3ccc2c1ccc1ccccc12. The minimum absolute atomic E-state index is 0.0241. The van der Waals surface area contributed by atoms with E-state index < -0.39 is 0 Å². The monoisotopic (exact) mass is 460 g/mol. The summed E-state index contributed by atoms with van der Waals surface area (Å²) in [6.07, 6.45) is 0. The molecule has 0 amide bonds. The van der Waals surface area contributed by atoms with Gasteiger partial charge in [-0.05, 0) is 89.0 Å². The highest BCUT2D eigenvalue weighted by molar-refractivity contribution is 6.12. The quantitative estimate of drug-likeness (QED) is 0.198. The van der Waals surface area contributed by atoms with Gasteiger partial charge in [-0.1, -0.05) is 113 Å². The molecule has 0 saturated heterocycles. The zero-order chi connectivity index (χ0) is 24.4. The van der Waals surface area contributed by atoms with E-state index in [2.05, 4.69) is 125 Å². The Morgan fingerprint density at radius 2 is 1.03 bits per heavy atom. The van der Waals surface area contributed by atoms with E-state index in [1.54, 1.807) is 0 Å². The first kappa shape index (κ1) is 20.3. The normalized spacial score (nSPS) is 16.2. The summed E-state index contributed by atoms with van der Waals surface area (Å²) in [5.41, 5.74) is 11.4. The fraction of sp³-hybridized carbons (Fsp3) is 0.167. The fourth-order valence-corrected chi connectivity index (χ4v) is 7.41. The molecule has 2 aliphatic rings. The van der Waals surface area contributed by atoms with Crippen LogP contribution < -0.4 is 0 Å². The lowest BCUT2D eigenvalue weighted by Gasteiger charge is -2.25. The summed E-state index contributed by atoms with van der Waals surface area (Å²) in [7, 11) is 0. The second kappa shape index (κ2) is 6.45. The lowest BCUT2D eigenvalue weighted by molar-refractivity contribution is 0.654. The van der Waals surface area contributed by atoms with Gasteiger partial charge in [-0.25, -0.2) is 0 Å². The van der Waals surface area contributed by atoms with Gasteiger partial charge < -0.3 is 0 Å². The predicted molar refractivity (Wildman–Crippen MR) is 154 cm³/mol. The van der Waals surface area contributed by atoms with Gasteiger partial charge in [0.05, 0.1) is 0 Å². The minimum atomic E-state index is -0.0703. The molecular formula is C36H28. The summed E-state index contributed by atoms with van der Waals surface area (Å²) in [5.74, 6) is 0. The average molecular weight is 461 g/mol. The molecule has 0 fully saturated rings. The van der Waals surface area contributed by atoms with Crippen molar-refractivity contribution in [3.63, 3.8) is 0 Å². The van der Waals surface area contributed by atoms with Crippen molar-refractivity contribution in [3.8, 4) is 22.3 Å². The highest BCUT2D eigenvalue weighted by Crippen LogP contribution is 2.58.